The van der Waals surface area contributed by atoms with Crippen LogP contribution in [0.2, 0.25) is 0 Å². The molecule has 1 aliphatic rings. The predicted octanol–water partition coefficient (Wildman–Crippen LogP) is 1.33. The van der Waals surface area contributed by atoms with Crippen molar-refractivity contribution in [2.75, 3.05) is 27.4 Å². The van der Waals surface area contributed by atoms with Gasteiger partial charge in [0.2, 0.25) is 12.7 Å². The molecule has 0 N–H and O–H groups in total. The molecule has 0 atom stereocenters. The molecule has 0 aliphatic carbocycles. The molecule has 5 nitrogen and oxygen atoms in total. The van der Waals surface area contributed by atoms with E-state index in [1.54, 1.807) is 6.20 Å². The third-order valence-electron chi connectivity index (χ3n) is 2.94. The van der Waals surface area contributed by atoms with Crippen LogP contribution in [0.25, 0.3) is 10.9 Å². The van der Waals surface area contributed by atoms with Crippen LogP contribution < -0.4 is 9.47 Å². The van der Waals surface area contributed by atoms with E-state index in [-0.39, 0.29) is 0 Å². The maximum absolute atomic E-state index is 5.54. The number of pyridine rings is 1. The summed E-state index contributed by atoms with van der Waals surface area (Å²) in [5.74, 6) is 1.68. The first-order chi connectivity index (χ1) is 8.27. The van der Waals surface area contributed by atoms with E-state index in [4.69, 9.17) is 9.47 Å². The van der Waals surface area contributed by atoms with Gasteiger partial charge in [-0.2, -0.15) is 0 Å². The van der Waals surface area contributed by atoms with Crippen LogP contribution in [-0.4, -0.2) is 41.9 Å². The summed E-state index contributed by atoms with van der Waals surface area (Å²) in [4.78, 5) is 6.31. The minimum atomic E-state index is 0.310. The maximum atomic E-state index is 5.54. The summed E-state index contributed by atoms with van der Waals surface area (Å²) in [6.45, 7) is 2.13. The normalized spacial score (nSPS) is 13.8. The number of nitrogens with zero attached hydrogens (tertiary/aromatic N) is 3. The lowest BCUT2D eigenvalue weighted by molar-refractivity contribution is 0.166. The van der Waals surface area contributed by atoms with Crippen molar-refractivity contribution in [2.45, 2.75) is 6.54 Å². The second-order valence-electron chi connectivity index (χ2n) is 4.39. The first kappa shape index (κ1) is 10.4. The lowest BCUT2D eigenvalue weighted by Gasteiger charge is -2.12. The highest BCUT2D eigenvalue weighted by atomic mass is 16.7. The Balaban J connectivity index is 2.09. The molecule has 0 unspecified atom stereocenters. The van der Waals surface area contributed by atoms with Gasteiger partial charge in [0.1, 0.15) is 0 Å². The zero-order valence-corrected chi connectivity index (χ0v) is 10.0. The summed E-state index contributed by atoms with van der Waals surface area (Å²) in [5.41, 5.74) is 1.07. The molecule has 3 heterocycles. The Kier molecular flexibility index (Phi) is 2.40. The number of likely N-dealkylation sites (N-methyl/N-ethyl adjacent to an activating group) is 1. The van der Waals surface area contributed by atoms with Crippen LogP contribution in [0.4, 0.5) is 0 Å². The van der Waals surface area contributed by atoms with Crippen molar-refractivity contribution in [3.63, 3.8) is 0 Å². The van der Waals surface area contributed by atoms with Crippen LogP contribution in [0.1, 0.15) is 0 Å². The van der Waals surface area contributed by atoms with Gasteiger partial charge < -0.3 is 18.9 Å². The molecule has 3 rings (SSSR count). The third-order valence-corrected chi connectivity index (χ3v) is 2.94. The highest BCUT2D eigenvalue weighted by Crippen LogP contribution is 2.41. The van der Waals surface area contributed by atoms with Crippen molar-refractivity contribution >= 4 is 10.9 Å². The fourth-order valence-electron chi connectivity index (χ4n) is 2.09. The molecule has 0 radical (unpaired) electrons. The topological polar surface area (TPSA) is 39.5 Å². The van der Waals surface area contributed by atoms with Gasteiger partial charge in [-0.1, -0.05) is 0 Å². The molecule has 0 amide bonds. The van der Waals surface area contributed by atoms with Crippen molar-refractivity contribution in [1.29, 1.82) is 0 Å². The maximum Gasteiger partial charge on any atom is 0.241 e. The summed E-state index contributed by atoms with van der Waals surface area (Å²) >= 11 is 0. The first-order valence-electron chi connectivity index (χ1n) is 5.64. The van der Waals surface area contributed by atoms with E-state index in [0.29, 0.717) is 6.79 Å². The molecule has 5 heteroatoms. The Labute approximate surface area is 99.6 Å². The van der Waals surface area contributed by atoms with E-state index in [0.717, 1.165) is 35.6 Å². The standard InChI is InChI=1S/C12H15N3O2/c1-14(2)5-6-15-10-7-13-4-3-9(10)11-12(15)17-8-16-11/h3-4,7H,5-6,8H2,1-2H3. The molecule has 0 spiro atoms. The third kappa shape index (κ3) is 1.63. The largest absolute Gasteiger partial charge is 0.451 e. The van der Waals surface area contributed by atoms with Crippen molar-refractivity contribution in [3.05, 3.63) is 18.5 Å². The fourth-order valence-corrected chi connectivity index (χ4v) is 2.09. The number of aromatic nitrogens is 2. The second kappa shape index (κ2) is 3.92. The number of fused-ring (bicyclic) bond motifs is 3. The van der Waals surface area contributed by atoms with Gasteiger partial charge in [-0.05, 0) is 20.2 Å². The van der Waals surface area contributed by atoms with Crippen molar-refractivity contribution in [1.82, 2.24) is 14.5 Å². The van der Waals surface area contributed by atoms with Gasteiger partial charge in [0.05, 0.1) is 11.7 Å². The van der Waals surface area contributed by atoms with Crippen LogP contribution >= 0.6 is 0 Å². The summed E-state index contributed by atoms with van der Waals surface area (Å²) in [6, 6.07) is 1.97. The van der Waals surface area contributed by atoms with E-state index in [9.17, 15) is 0 Å². The Hall–Kier alpha value is -1.75. The average molecular weight is 233 g/mol. The van der Waals surface area contributed by atoms with E-state index in [2.05, 4.69) is 28.5 Å². The van der Waals surface area contributed by atoms with E-state index in [1.165, 1.54) is 0 Å². The molecule has 2 aromatic heterocycles. The highest BCUT2D eigenvalue weighted by molar-refractivity contribution is 5.89. The number of hydrogen-bond acceptors (Lipinski definition) is 4. The van der Waals surface area contributed by atoms with E-state index in [1.807, 2.05) is 12.3 Å². The molecule has 17 heavy (non-hydrogen) atoms. The smallest absolute Gasteiger partial charge is 0.241 e. The zero-order chi connectivity index (χ0) is 11.8. The molecule has 90 valence electrons. The Bertz CT molecular complexity index is 548. The second-order valence-corrected chi connectivity index (χ2v) is 4.39. The lowest BCUT2D eigenvalue weighted by Crippen LogP contribution is -2.18. The minimum Gasteiger partial charge on any atom is -0.451 e. The van der Waals surface area contributed by atoms with Gasteiger partial charge in [-0.25, -0.2) is 0 Å². The molecule has 0 fully saturated rings. The molecular weight excluding hydrogens is 218 g/mol. The van der Waals surface area contributed by atoms with Crippen molar-refractivity contribution in [2.24, 2.45) is 0 Å². The Morgan fingerprint density at radius 2 is 2.29 bits per heavy atom. The molecule has 0 aromatic carbocycles. The molecule has 0 saturated carbocycles. The van der Waals surface area contributed by atoms with Crippen LogP contribution in [0, 0.1) is 0 Å². The van der Waals surface area contributed by atoms with Gasteiger partial charge in [0, 0.05) is 24.7 Å². The highest BCUT2D eigenvalue weighted by Gasteiger charge is 2.24. The molecule has 2 aromatic rings. The van der Waals surface area contributed by atoms with Gasteiger partial charge in [-0.3, -0.25) is 4.98 Å². The van der Waals surface area contributed by atoms with Gasteiger partial charge in [-0.15, -0.1) is 0 Å². The summed E-state index contributed by atoms with van der Waals surface area (Å²) in [6.07, 6.45) is 3.64. The van der Waals surface area contributed by atoms with Crippen LogP contribution in [0.15, 0.2) is 18.5 Å². The first-order valence-corrected chi connectivity index (χ1v) is 5.64. The molecule has 0 saturated heterocycles. The summed E-state index contributed by atoms with van der Waals surface area (Å²) < 4.78 is 13.2. The summed E-state index contributed by atoms with van der Waals surface area (Å²) in [5, 5.41) is 1.08. The predicted molar refractivity (Wildman–Crippen MR) is 64.4 cm³/mol. The van der Waals surface area contributed by atoms with Gasteiger partial charge in [0.15, 0.2) is 5.75 Å². The number of ether oxygens (including phenoxy) is 2. The van der Waals surface area contributed by atoms with Crippen LogP contribution in [0.5, 0.6) is 11.6 Å². The zero-order valence-electron chi connectivity index (χ0n) is 10.0. The van der Waals surface area contributed by atoms with Crippen LogP contribution in [0.3, 0.4) is 0 Å². The minimum absolute atomic E-state index is 0.310. The monoisotopic (exact) mass is 233 g/mol. The summed E-state index contributed by atoms with van der Waals surface area (Å²) in [7, 11) is 4.11. The fraction of sp³-hybridized carbons (Fsp3) is 0.417. The molecule has 0 bridgehead atoms. The number of hydrogen-bond donors (Lipinski definition) is 0. The molecule has 1 aliphatic heterocycles. The van der Waals surface area contributed by atoms with E-state index < -0.39 is 0 Å². The Morgan fingerprint density at radius 3 is 3.12 bits per heavy atom. The van der Waals surface area contributed by atoms with Crippen molar-refractivity contribution < 1.29 is 9.47 Å². The number of rotatable bonds is 3. The SMILES string of the molecule is CN(C)CCn1c2c(c3ccncc31)OCO2. The average Bonchev–Trinajstić information content (AvgIpc) is 2.87. The van der Waals surface area contributed by atoms with Gasteiger partial charge >= 0.3 is 0 Å². The lowest BCUT2D eigenvalue weighted by atomic mass is 10.3. The quantitative estimate of drug-likeness (QED) is 0.801. The Morgan fingerprint density at radius 1 is 1.41 bits per heavy atom. The van der Waals surface area contributed by atoms with Crippen LogP contribution in [-0.2, 0) is 6.54 Å². The van der Waals surface area contributed by atoms with Crippen molar-refractivity contribution in [3.8, 4) is 11.6 Å². The van der Waals surface area contributed by atoms with E-state index >= 15 is 0 Å². The van der Waals surface area contributed by atoms with Gasteiger partial charge in [0.25, 0.3) is 0 Å². The molecular formula is C12H15N3O2.